The molecule has 0 saturated heterocycles. The van der Waals surface area contributed by atoms with Gasteiger partial charge in [-0.1, -0.05) is 0 Å². The summed E-state index contributed by atoms with van der Waals surface area (Å²) in [6.07, 6.45) is 4.01. The summed E-state index contributed by atoms with van der Waals surface area (Å²) >= 11 is 4.44. The van der Waals surface area contributed by atoms with Gasteiger partial charge in [0.2, 0.25) is 0 Å². The predicted octanol–water partition coefficient (Wildman–Crippen LogP) is 4.99. The molecule has 0 amide bonds. The Bertz CT molecular complexity index is 706. The summed E-state index contributed by atoms with van der Waals surface area (Å²) in [5, 5.41) is 10.5. The van der Waals surface area contributed by atoms with E-state index in [9.17, 15) is 5.11 Å². The fourth-order valence-electron chi connectivity index (χ4n) is 3.75. The molecular formula is C23H26BrOP. The second-order valence-corrected chi connectivity index (χ2v) is 15.8. The van der Waals surface area contributed by atoms with E-state index in [0.29, 0.717) is 0 Å². The quantitative estimate of drug-likeness (QED) is 0.395. The SMILES string of the molecule is OCCCCCP(Br)(c1ccccc1)(c1ccccc1)c1ccccc1. The van der Waals surface area contributed by atoms with Crippen LogP contribution in [0.3, 0.4) is 0 Å². The molecule has 0 aliphatic carbocycles. The summed E-state index contributed by atoms with van der Waals surface area (Å²) in [5.74, 6) is 0. The zero-order valence-electron chi connectivity index (χ0n) is 15.0. The summed E-state index contributed by atoms with van der Waals surface area (Å²) in [5.41, 5.74) is 0. The van der Waals surface area contributed by atoms with Gasteiger partial charge in [-0.3, -0.25) is 0 Å². The fourth-order valence-corrected chi connectivity index (χ4v) is 11.5. The van der Waals surface area contributed by atoms with Crippen LogP contribution in [0.1, 0.15) is 19.3 Å². The van der Waals surface area contributed by atoms with Gasteiger partial charge in [-0.05, 0) is 0 Å². The van der Waals surface area contributed by atoms with E-state index in [4.69, 9.17) is 0 Å². The van der Waals surface area contributed by atoms with Crippen molar-refractivity contribution in [2.75, 3.05) is 12.8 Å². The van der Waals surface area contributed by atoms with Gasteiger partial charge in [0.15, 0.2) is 0 Å². The number of hydrogen-bond acceptors (Lipinski definition) is 1. The summed E-state index contributed by atoms with van der Waals surface area (Å²) in [6.45, 7) is 0.264. The predicted molar refractivity (Wildman–Crippen MR) is 120 cm³/mol. The fraction of sp³-hybridized carbons (Fsp3) is 0.217. The van der Waals surface area contributed by atoms with Gasteiger partial charge in [-0.25, -0.2) is 0 Å². The van der Waals surface area contributed by atoms with Crippen LogP contribution < -0.4 is 15.9 Å². The van der Waals surface area contributed by atoms with E-state index >= 15 is 0 Å². The Morgan fingerprint density at radius 1 is 0.577 bits per heavy atom. The number of benzene rings is 3. The average Bonchev–Trinajstić information content (AvgIpc) is 2.73. The van der Waals surface area contributed by atoms with Gasteiger partial charge in [0.05, 0.1) is 0 Å². The summed E-state index contributed by atoms with van der Waals surface area (Å²) in [7, 11) is 0. The Kier molecular flexibility index (Phi) is 6.29. The molecule has 1 N–H and O–H groups in total. The number of hydrogen-bond donors (Lipinski definition) is 1. The summed E-state index contributed by atoms with van der Waals surface area (Å²) in [4.78, 5) is 0. The molecule has 0 bridgehead atoms. The first-order chi connectivity index (χ1) is 12.7. The van der Waals surface area contributed by atoms with Crippen LogP contribution >= 0.6 is 20.8 Å². The van der Waals surface area contributed by atoms with Crippen molar-refractivity contribution in [3.8, 4) is 0 Å². The first-order valence-electron chi connectivity index (χ1n) is 9.20. The zero-order valence-corrected chi connectivity index (χ0v) is 17.4. The molecule has 0 saturated carbocycles. The van der Waals surface area contributed by atoms with Gasteiger partial charge < -0.3 is 0 Å². The molecular weight excluding hydrogens is 403 g/mol. The number of halogens is 1. The molecule has 0 spiro atoms. The van der Waals surface area contributed by atoms with Gasteiger partial charge in [0.1, 0.15) is 0 Å². The molecule has 0 aromatic heterocycles. The third kappa shape index (κ3) is 3.51. The second-order valence-electron chi connectivity index (χ2n) is 6.70. The Morgan fingerprint density at radius 2 is 0.962 bits per heavy atom. The van der Waals surface area contributed by atoms with E-state index in [-0.39, 0.29) is 6.61 Å². The van der Waals surface area contributed by atoms with Crippen molar-refractivity contribution < 1.29 is 5.11 Å². The number of rotatable bonds is 8. The van der Waals surface area contributed by atoms with E-state index in [1.807, 2.05) is 0 Å². The first kappa shape index (κ1) is 19.3. The maximum absolute atomic E-state index is 9.21. The van der Waals surface area contributed by atoms with Gasteiger partial charge in [-0.15, -0.1) is 0 Å². The third-order valence-corrected chi connectivity index (χ3v) is 15.1. The zero-order chi connectivity index (χ0) is 18.3. The van der Waals surface area contributed by atoms with Crippen molar-refractivity contribution in [2.24, 2.45) is 0 Å². The standard InChI is InChI=1S/C23H26BrOP/c24-26(20-12-4-11-19-25,21-13-5-1-6-14-21,22-15-7-2-8-16-22)23-17-9-3-10-18-23/h1-3,5-10,13-18,25H,4,11-12,19-20H2. The molecule has 3 heteroatoms. The van der Waals surface area contributed by atoms with Crippen molar-refractivity contribution in [3.63, 3.8) is 0 Å². The molecule has 26 heavy (non-hydrogen) atoms. The van der Waals surface area contributed by atoms with Crippen LogP contribution in [-0.2, 0) is 0 Å². The minimum atomic E-state index is -2.75. The van der Waals surface area contributed by atoms with Gasteiger partial charge in [0, 0.05) is 0 Å². The Balaban J connectivity index is 2.24. The number of unbranched alkanes of at least 4 members (excludes halogenated alkanes) is 2. The van der Waals surface area contributed by atoms with Crippen molar-refractivity contribution in [1.29, 1.82) is 0 Å². The maximum atomic E-state index is 9.21. The van der Waals surface area contributed by atoms with E-state index < -0.39 is 5.31 Å². The van der Waals surface area contributed by atoms with Crippen molar-refractivity contribution >= 4 is 36.7 Å². The molecule has 3 aromatic rings. The molecule has 0 fully saturated rings. The van der Waals surface area contributed by atoms with Crippen molar-refractivity contribution in [1.82, 2.24) is 0 Å². The van der Waals surface area contributed by atoms with Crippen LogP contribution in [0.5, 0.6) is 0 Å². The summed E-state index contributed by atoms with van der Waals surface area (Å²) < 4.78 is 0. The van der Waals surface area contributed by atoms with Crippen LogP contribution in [-0.4, -0.2) is 17.9 Å². The van der Waals surface area contributed by atoms with Crippen LogP contribution in [0.4, 0.5) is 0 Å². The van der Waals surface area contributed by atoms with Crippen molar-refractivity contribution in [2.45, 2.75) is 19.3 Å². The average molecular weight is 429 g/mol. The van der Waals surface area contributed by atoms with Gasteiger partial charge >= 0.3 is 165 Å². The first-order valence-corrected chi connectivity index (χ1v) is 13.6. The van der Waals surface area contributed by atoms with Crippen LogP contribution in [0.25, 0.3) is 0 Å². The molecule has 0 aliphatic heterocycles. The monoisotopic (exact) mass is 428 g/mol. The molecule has 3 aromatic carbocycles. The topological polar surface area (TPSA) is 20.2 Å². The molecule has 0 aliphatic rings. The second kappa shape index (κ2) is 8.48. The normalized spacial score (nSPS) is 13.1. The Labute approximate surface area is 164 Å². The third-order valence-electron chi connectivity index (χ3n) is 5.12. The van der Waals surface area contributed by atoms with E-state index in [2.05, 4.69) is 106 Å². The number of aliphatic hydroxyl groups is 1. The number of aliphatic hydroxyl groups excluding tert-OH is 1. The van der Waals surface area contributed by atoms with Crippen LogP contribution in [0.2, 0.25) is 0 Å². The molecule has 0 unspecified atom stereocenters. The Hall–Kier alpha value is -1.47. The molecule has 3 rings (SSSR count). The molecule has 1 nitrogen and oxygen atoms in total. The molecule has 136 valence electrons. The van der Waals surface area contributed by atoms with Crippen molar-refractivity contribution in [3.05, 3.63) is 91.0 Å². The van der Waals surface area contributed by atoms with Gasteiger partial charge in [0.25, 0.3) is 0 Å². The molecule has 0 radical (unpaired) electrons. The Morgan fingerprint density at radius 3 is 1.31 bits per heavy atom. The van der Waals surface area contributed by atoms with E-state index in [0.717, 1.165) is 25.4 Å². The summed E-state index contributed by atoms with van der Waals surface area (Å²) in [6, 6.07) is 32.6. The van der Waals surface area contributed by atoms with E-state index in [1.165, 1.54) is 15.9 Å². The minimum absolute atomic E-state index is 0.264. The van der Waals surface area contributed by atoms with E-state index in [1.54, 1.807) is 0 Å². The van der Waals surface area contributed by atoms with Gasteiger partial charge in [-0.2, -0.15) is 0 Å². The van der Waals surface area contributed by atoms with Crippen LogP contribution in [0, 0.1) is 0 Å². The molecule has 0 atom stereocenters. The van der Waals surface area contributed by atoms with Crippen LogP contribution in [0.15, 0.2) is 91.0 Å². The molecule has 0 heterocycles.